The number of rotatable bonds is 9. The predicted octanol–water partition coefficient (Wildman–Crippen LogP) is 11.1. The molecule has 3 aliphatic rings. The molecule has 10 nitrogen and oxygen atoms in total. The summed E-state index contributed by atoms with van der Waals surface area (Å²) in [6.45, 7) is 3.28. The molecule has 1 N–H and O–H groups in total. The van der Waals surface area contributed by atoms with Crippen molar-refractivity contribution in [1.82, 2.24) is 24.5 Å². The number of aromatic nitrogens is 5. The van der Waals surface area contributed by atoms with Gasteiger partial charge in [-0.2, -0.15) is 26.7 Å². The van der Waals surface area contributed by atoms with Crippen LogP contribution in [0.1, 0.15) is 113 Å². The Bertz CT molecular complexity index is 2300. The number of fused-ring (bicyclic) bond motifs is 1. The molecule has 0 spiro atoms. The Balaban J connectivity index is 0.000000175. The number of nitrogens with zero attached hydrogens (tertiary/aromatic N) is 5. The standard InChI is InChI=1S/C23H26FN5O.C14H16F4O3S.C7H13FO/c1-15-21(16(2)30-27-15)17-9-20-22(25-10-17)19(18-11-26-28(3)12-18)13-29(20)14-23(24)7-5-4-6-8-23;15-13(8-2-1-3-9-13)10-21-22(19,20)12-6-4-11(5-7-12)14(16,17)18;8-7(6-9)4-2-1-3-5-7/h9-13H,4-8,14H2,1-3H3;4-7H,1-3,8-10H2;9H,1-6H2. The van der Waals surface area contributed by atoms with Gasteiger partial charge in [0, 0.05) is 47.9 Å². The van der Waals surface area contributed by atoms with Crippen LogP contribution in [0.5, 0.6) is 0 Å². The van der Waals surface area contributed by atoms with Gasteiger partial charge in [0.1, 0.15) is 29.4 Å². The summed E-state index contributed by atoms with van der Waals surface area (Å²) in [5.74, 6) is 0.758. The van der Waals surface area contributed by atoms with Gasteiger partial charge in [0.15, 0.2) is 0 Å². The van der Waals surface area contributed by atoms with Crippen molar-refractivity contribution in [2.45, 2.75) is 145 Å². The number of halogens is 6. The van der Waals surface area contributed by atoms with Gasteiger partial charge in [0.05, 0.1) is 46.5 Å². The molecule has 0 aliphatic heterocycles. The Morgan fingerprint density at radius 3 is 1.87 bits per heavy atom. The van der Waals surface area contributed by atoms with Gasteiger partial charge in [-0.05, 0) is 82.7 Å². The molecule has 0 radical (unpaired) electrons. The minimum Gasteiger partial charge on any atom is -0.393 e. The van der Waals surface area contributed by atoms with Gasteiger partial charge in [-0.1, -0.05) is 62.9 Å². The molecule has 0 atom stereocenters. The normalized spacial score (nSPS) is 18.8. The highest BCUT2D eigenvalue weighted by molar-refractivity contribution is 7.86. The van der Waals surface area contributed by atoms with Crippen LogP contribution in [0.15, 0.2) is 64.5 Å². The van der Waals surface area contributed by atoms with E-state index in [2.05, 4.69) is 16.3 Å². The number of benzene rings is 1. The van der Waals surface area contributed by atoms with Crippen molar-refractivity contribution in [3.8, 4) is 22.3 Å². The second kappa shape index (κ2) is 19.0. The summed E-state index contributed by atoms with van der Waals surface area (Å²) in [6.07, 6.45) is 14.2. The van der Waals surface area contributed by atoms with Crippen LogP contribution in [-0.4, -0.2) is 68.2 Å². The lowest BCUT2D eigenvalue weighted by Crippen LogP contribution is -2.33. The second-order valence-electron chi connectivity index (χ2n) is 16.9. The minimum absolute atomic E-state index is 0.232. The van der Waals surface area contributed by atoms with Gasteiger partial charge in [-0.3, -0.25) is 13.8 Å². The smallest absolute Gasteiger partial charge is 0.393 e. The third-order valence-corrected chi connectivity index (χ3v) is 13.3. The number of aryl methyl sites for hydroxylation is 3. The SMILES string of the molecule is Cc1noc(C)c1-c1cnc2c(-c3cnn(C)c3)cn(CC3(F)CCCCC3)c2c1.O=S(=O)(OCC1(F)CCCCC1)c1ccc(C(F)(F)F)cc1.OCC1(F)CCCCC1. The molecule has 0 saturated heterocycles. The summed E-state index contributed by atoms with van der Waals surface area (Å²) in [5.41, 5.74) is 1.42. The van der Waals surface area contributed by atoms with E-state index >= 15 is 4.39 Å². The van der Waals surface area contributed by atoms with Gasteiger partial charge in [0.2, 0.25) is 0 Å². The zero-order valence-corrected chi connectivity index (χ0v) is 35.7. The van der Waals surface area contributed by atoms with E-state index in [-0.39, 0.29) is 19.4 Å². The van der Waals surface area contributed by atoms with E-state index in [0.717, 1.165) is 102 Å². The number of hydrogen-bond acceptors (Lipinski definition) is 8. The molecule has 3 fully saturated rings. The minimum atomic E-state index is -4.55. The van der Waals surface area contributed by atoms with Crippen LogP contribution in [0.2, 0.25) is 0 Å². The fraction of sp³-hybridized carbons (Fsp3) is 0.568. The van der Waals surface area contributed by atoms with Crippen molar-refractivity contribution in [1.29, 1.82) is 0 Å². The lowest BCUT2D eigenvalue weighted by Gasteiger charge is -2.30. The lowest BCUT2D eigenvalue weighted by atomic mass is 9.86. The molecular weight excluding hydrogens is 825 g/mol. The lowest BCUT2D eigenvalue weighted by molar-refractivity contribution is -0.137. The predicted molar refractivity (Wildman–Crippen MR) is 219 cm³/mol. The molecule has 4 heterocycles. The van der Waals surface area contributed by atoms with Gasteiger partial charge >= 0.3 is 6.18 Å². The van der Waals surface area contributed by atoms with Gasteiger partial charge in [-0.25, -0.2) is 13.2 Å². The van der Waals surface area contributed by atoms with Crippen LogP contribution < -0.4 is 0 Å². The van der Waals surface area contributed by atoms with E-state index in [1.807, 2.05) is 50.2 Å². The summed E-state index contributed by atoms with van der Waals surface area (Å²) in [7, 11) is -2.37. The Kier molecular flexibility index (Phi) is 14.4. The van der Waals surface area contributed by atoms with Crippen LogP contribution in [0.3, 0.4) is 0 Å². The van der Waals surface area contributed by atoms with Crippen molar-refractivity contribution >= 4 is 21.2 Å². The Morgan fingerprint density at radius 1 is 0.803 bits per heavy atom. The highest BCUT2D eigenvalue weighted by Gasteiger charge is 2.36. The van der Waals surface area contributed by atoms with Crippen molar-refractivity contribution in [3.05, 3.63) is 72.1 Å². The van der Waals surface area contributed by atoms with E-state index in [1.165, 1.54) is 0 Å². The molecule has 4 aromatic heterocycles. The molecule has 8 rings (SSSR count). The molecule has 17 heteroatoms. The van der Waals surface area contributed by atoms with E-state index < -0.39 is 50.4 Å². The number of alkyl halides is 6. The Morgan fingerprint density at radius 2 is 1.38 bits per heavy atom. The maximum atomic E-state index is 15.6. The largest absolute Gasteiger partial charge is 0.416 e. The van der Waals surface area contributed by atoms with E-state index in [1.54, 1.807) is 4.68 Å². The van der Waals surface area contributed by atoms with Crippen molar-refractivity contribution in [2.24, 2.45) is 7.05 Å². The molecule has 3 aliphatic carbocycles. The number of pyridine rings is 1. The van der Waals surface area contributed by atoms with Crippen LogP contribution in [0.4, 0.5) is 26.3 Å². The molecule has 334 valence electrons. The maximum Gasteiger partial charge on any atom is 0.416 e. The number of aliphatic hydroxyl groups is 1. The molecule has 1 aromatic carbocycles. The summed E-state index contributed by atoms with van der Waals surface area (Å²) in [4.78, 5) is 4.37. The van der Waals surface area contributed by atoms with Crippen molar-refractivity contribution in [2.75, 3.05) is 13.2 Å². The quantitative estimate of drug-likeness (QED) is 0.115. The average Bonchev–Trinajstić information content (AvgIpc) is 3.93. The first-order chi connectivity index (χ1) is 28.8. The second-order valence-corrected chi connectivity index (χ2v) is 18.5. The number of hydrogen-bond donors (Lipinski definition) is 1. The molecule has 0 bridgehead atoms. The van der Waals surface area contributed by atoms with E-state index in [9.17, 15) is 30.4 Å². The van der Waals surface area contributed by atoms with Gasteiger partial charge in [-0.15, -0.1) is 0 Å². The van der Waals surface area contributed by atoms with Crippen molar-refractivity contribution < 1.29 is 48.6 Å². The molecule has 0 unspecified atom stereocenters. The van der Waals surface area contributed by atoms with Crippen LogP contribution in [-0.2, 0) is 34.1 Å². The average molecular weight is 880 g/mol. The molecule has 3 saturated carbocycles. The van der Waals surface area contributed by atoms with Crippen LogP contribution >= 0.6 is 0 Å². The third kappa shape index (κ3) is 11.6. The highest BCUT2D eigenvalue weighted by Crippen LogP contribution is 2.39. The fourth-order valence-electron chi connectivity index (χ4n) is 8.48. The maximum absolute atomic E-state index is 15.6. The Hall–Kier alpha value is -4.22. The van der Waals surface area contributed by atoms with Gasteiger partial charge < -0.3 is 14.2 Å². The van der Waals surface area contributed by atoms with E-state index in [0.29, 0.717) is 57.2 Å². The summed E-state index contributed by atoms with van der Waals surface area (Å²) >= 11 is 0. The first-order valence-corrected chi connectivity index (χ1v) is 22.4. The van der Waals surface area contributed by atoms with Gasteiger partial charge in [0.25, 0.3) is 10.1 Å². The topological polar surface area (TPSA) is 125 Å². The van der Waals surface area contributed by atoms with Crippen LogP contribution in [0.25, 0.3) is 33.3 Å². The van der Waals surface area contributed by atoms with E-state index in [4.69, 9.17) is 18.8 Å². The molecular formula is C44H55F6N5O5S. The third-order valence-electron chi connectivity index (χ3n) is 12.0. The fourth-order valence-corrected chi connectivity index (χ4v) is 9.46. The highest BCUT2D eigenvalue weighted by atomic mass is 32.2. The van der Waals surface area contributed by atoms with Crippen LogP contribution in [0, 0.1) is 13.8 Å². The monoisotopic (exact) mass is 879 g/mol. The molecule has 0 amide bonds. The zero-order chi connectivity index (χ0) is 44.1. The number of aliphatic hydroxyl groups excluding tert-OH is 1. The first kappa shape index (κ1) is 46.3. The zero-order valence-electron chi connectivity index (χ0n) is 34.9. The van der Waals surface area contributed by atoms with Crippen molar-refractivity contribution in [3.63, 3.8) is 0 Å². The molecule has 5 aromatic rings. The summed E-state index contributed by atoms with van der Waals surface area (Å²) in [5, 5.41) is 17.0. The molecule has 61 heavy (non-hydrogen) atoms. The Labute approximate surface area is 352 Å². The summed E-state index contributed by atoms with van der Waals surface area (Å²) < 4.78 is 118. The first-order valence-electron chi connectivity index (χ1n) is 21.0. The summed E-state index contributed by atoms with van der Waals surface area (Å²) in [6, 6.07) is 5.01.